The van der Waals surface area contributed by atoms with Gasteiger partial charge in [0.2, 0.25) is 0 Å². The molecule has 0 aliphatic heterocycles. The molecule has 0 bridgehead atoms. The molecule has 0 radical (unpaired) electrons. The Balaban J connectivity index is 2.69. The SMILES string of the molecule is COc1cc(Cl)c2c(CC(=O)O)csc2c1Cl. The number of carbonyl (C=O) groups is 1. The Morgan fingerprint density at radius 1 is 1.53 bits per heavy atom. The fourth-order valence-electron chi connectivity index (χ4n) is 1.62. The second kappa shape index (κ2) is 4.72. The normalized spacial score (nSPS) is 10.8. The number of carboxylic acid groups (broad SMARTS) is 1. The van der Waals surface area contributed by atoms with E-state index in [0.717, 1.165) is 4.70 Å². The van der Waals surface area contributed by atoms with Gasteiger partial charge in [0, 0.05) is 11.5 Å². The van der Waals surface area contributed by atoms with Crippen molar-refractivity contribution >= 4 is 50.6 Å². The standard InChI is InChI=1S/C11H8Cl2O3S/c1-16-7-3-6(12)9-5(2-8(14)15)4-17-11(9)10(7)13/h3-4H,2H2,1H3,(H,14,15). The van der Waals surface area contributed by atoms with E-state index in [1.165, 1.54) is 18.4 Å². The van der Waals surface area contributed by atoms with Gasteiger partial charge < -0.3 is 9.84 Å². The van der Waals surface area contributed by atoms with Crippen LogP contribution in [0, 0.1) is 0 Å². The predicted octanol–water partition coefficient (Wildman–Crippen LogP) is 3.84. The molecule has 0 amide bonds. The van der Waals surface area contributed by atoms with Crippen molar-refractivity contribution in [2.24, 2.45) is 0 Å². The Bertz CT molecular complexity index is 592. The lowest BCUT2D eigenvalue weighted by Gasteiger charge is -2.06. The number of halogens is 2. The first-order valence-electron chi connectivity index (χ1n) is 4.68. The molecule has 2 aromatic rings. The number of ether oxygens (including phenoxy) is 1. The quantitative estimate of drug-likeness (QED) is 0.934. The van der Waals surface area contributed by atoms with Crippen molar-refractivity contribution in [1.29, 1.82) is 0 Å². The van der Waals surface area contributed by atoms with Gasteiger partial charge in [-0.15, -0.1) is 11.3 Å². The number of aliphatic carboxylic acids is 1. The van der Waals surface area contributed by atoms with Gasteiger partial charge in [-0.25, -0.2) is 0 Å². The summed E-state index contributed by atoms with van der Waals surface area (Å²) >= 11 is 13.6. The summed E-state index contributed by atoms with van der Waals surface area (Å²) in [5.74, 6) is -0.402. The largest absolute Gasteiger partial charge is 0.495 e. The molecule has 0 unspecified atom stereocenters. The summed E-state index contributed by atoms with van der Waals surface area (Å²) in [6, 6.07) is 1.60. The minimum atomic E-state index is -0.896. The number of thiophene rings is 1. The van der Waals surface area contributed by atoms with E-state index in [-0.39, 0.29) is 6.42 Å². The number of rotatable bonds is 3. The zero-order chi connectivity index (χ0) is 12.6. The van der Waals surface area contributed by atoms with Crippen LogP contribution in [0.15, 0.2) is 11.4 Å². The molecule has 3 nitrogen and oxygen atoms in total. The highest BCUT2D eigenvalue weighted by Gasteiger charge is 2.16. The lowest BCUT2D eigenvalue weighted by Crippen LogP contribution is -1.99. The first kappa shape index (κ1) is 12.5. The lowest BCUT2D eigenvalue weighted by atomic mass is 10.1. The van der Waals surface area contributed by atoms with Crippen LogP contribution in [0.5, 0.6) is 5.75 Å². The van der Waals surface area contributed by atoms with Crippen LogP contribution < -0.4 is 4.74 Å². The van der Waals surface area contributed by atoms with Crippen molar-refractivity contribution in [2.45, 2.75) is 6.42 Å². The molecule has 6 heteroatoms. The van der Waals surface area contributed by atoms with Crippen LogP contribution in [0.25, 0.3) is 10.1 Å². The summed E-state index contributed by atoms with van der Waals surface area (Å²) in [5.41, 5.74) is 0.673. The molecule has 2 rings (SSSR count). The molecule has 0 spiro atoms. The number of carboxylic acids is 1. The van der Waals surface area contributed by atoms with E-state index in [1.54, 1.807) is 11.4 Å². The molecule has 17 heavy (non-hydrogen) atoms. The maximum atomic E-state index is 10.7. The smallest absolute Gasteiger partial charge is 0.307 e. The van der Waals surface area contributed by atoms with Gasteiger partial charge in [0.15, 0.2) is 0 Å². The fraction of sp³-hybridized carbons (Fsp3) is 0.182. The van der Waals surface area contributed by atoms with E-state index in [2.05, 4.69) is 0 Å². The Kier molecular flexibility index (Phi) is 3.47. The summed E-state index contributed by atoms with van der Waals surface area (Å²) in [7, 11) is 1.51. The maximum Gasteiger partial charge on any atom is 0.307 e. The van der Waals surface area contributed by atoms with Gasteiger partial charge >= 0.3 is 5.97 Å². The fourth-order valence-corrected chi connectivity index (χ4v) is 3.38. The molecule has 1 aromatic heterocycles. The minimum Gasteiger partial charge on any atom is -0.495 e. The first-order chi connectivity index (χ1) is 8.04. The number of hydrogen-bond acceptors (Lipinski definition) is 3. The van der Waals surface area contributed by atoms with Crippen LogP contribution in [0.4, 0.5) is 0 Å². The van der Waals surface area contributed by atoms with E-state index in [0.29, 0.717) is 26.7 Å². The summed E-state index contributed by atoms with van der Waals surface area (Å²) in [5, 5.41) is 12.2. The molecule has 0 saturated carbocycles. The van der Waals surface area contributed by atoms with E-state index in [9.17, 15) is 4.79 Å². The van der Waals surface area contributed by atoms with Crippen LogP contribution >= 0.6 is 34.5 Å². The zero-order valence-electron chi connectivity index (χ0n) is 8.79. The van der Waals surface area contributed by atoms with Crippen LogP contribution in [0.3, 0.4) is 0 Å². The summed E-state index contributed by atoms with van der Waals surface area (Å²) in [6.45, 7) is 0. The van der Waals surface area contributed by atoms with E-state index in [4.69, 9.17) is 33.0 Å². The van der Waals surface area contributed by atoms with Gasteiger partial charge in [0.05, 0.1) is 23.3 Å². The summed E-state index contributed by atoms with van der Waals surface area (Å²) in [6.07, 6.45) is -0.0671. The average Bonchev–Trinajstić information content (AvgIpc) is 2.67. The molecule has 0 fully saturated rings. The van der Waals surface area contributed by atoms with Gasteiger partial charge in [-0.1, -0.05) is 23.2 Å². The van der Waals surface area contributed by atoms with Crippen molar-refractivity contribution in [1.82, 2.24) is 0 Å². The summed E-state index contributed by atoms with van der Waals surface area (Å²) in [4.78, 5) is 10.7. The molecule has 1 heterocycles. The molecule has 0 saturated heterocycles. The molecule has 0 aliphatic carbocycles. The third-order valence-corrected chi connectivity index (χ3v) is 4.17. The van der Waals surface area contributed by atoms with Crippen molar-refractivity contribution in [2.75, 3.05) is 7.11 Å². The van der Waals surface area contributed by atoms with Gasteiger partial charge in [0.1, 0.15) is 10.8 Å². The summed E-state index contributed by atoms with van der Waals surface area (Å²) < 4.78 is 5.85. The number of hydrogen-bond donors (Lipinski definition) is 1. The van der Waals surface area contributed by atoms with E-state index >= 15 is 0 Å². The second-order valence-electron chi connectivity index (χ2n) is 3.41. The number of methoxy groups -OCH3 is 1. The molecule has 1 aromatic carbocycles. The zero-order valence-corrected chi connectivity index (χ0v) is 11.1. The molecule has 0 atom stereocenters. The number of benzene rings is 1. The topological polar surface area (TPSA) is 46.5 Å². The van der Waals surface area contributed by atoms with E-state index < -0.39 is 5.97 Å². The van der Waals surface area contributed by atoms with Gasteiger partial charge in [-0.05, 0) is 10.9 Å². The Labute approximate surface area is 112 Å². The Morgan fingerprint density at radius 2 is 2.24 bits per heavy atom. The first-order valence-corrected chi connectivity index (χ1v) is 6.32. The Morgan fingerprint density at radius 3 is 2.82 bits per heavy atom. The van der Waals surface area contributed by atoms with Crippen molar-refractivity contribution in [3.63, 3.8) is 0 Å². The van der Waals surface area contributed by atoms with Crippen LogP contribution in [-0.2, 0) is 11.2 Å². The van der Waals surface area contributed by atoms with Crippen molar-refractivity contribution < 1.29 is 14.6 Å². The molecule has 90 valence electrons. The highest BCUT2D eigenvalue weighted by molar-refractivity contribution is 7.18. The molecular weight excluding hydrogens is 283 g/mol. The lowest BCUT2D eigenvalue weighted by molar-refractivity contribution is -0.136. The monoisotopic (exact) mass is 290 g/mol. The maximum absolute atomic E-state index is 10.7. The average molecular weight is 291 g/mol. The van der Waals surface area contributed by atoms with Crippen molar-refractivity contribution in [3.05, 3.63) is 27.1 Å². The van der Waals surface area contributed by atoms with E-state index in [1.807, 2.05) is 0 Å². The highest BCUT2D eigenvalue weighted by Crippen LogP contribution is 2.42. The van der Waals surface area contributed by atoms with Crippen LogP contribution in [0.1, 0.15) is 5.56 Å². The number of fused-ring (bicyclic) bond motifs is 1. The van der Waals surface area contributed by atoms with Crippen molar-refractivity contribution in [3.8, 4) is 5.75 Å². The van der Waals surface area contributed by atoms with Gasteiger partial charge in [0.25, 0.3) is 0 Å². The molecule has 1 N–H and O–H groups in total. The molecule has 0 aliphatic rings. The highest BCUT2D eigenvalue weighted by atomic mass is 35.5. The third-order valence-electron chi connectivity index (χ3n) is 2.34. The van der Waals surface area contributed by atoms with Gasteiger partial charge in [-0.2, -0.15) is 0 Å². The minimum absolute atomic E-state index is 0.0671. The predicted molar refractivity (Wildman–Crippen MR) is 69.7 cm³/mol. The third kappa shape index (κ3) is 2.20. The van der Waals surface area contributed by atoms with Crippen LogP contribution in [0.2, 0.25) is 10.0 Å². The molecular formula is C11H8Cl2O3S. The second-order valence-corrected chi connectivity index (χ2v) is 5.08. The van der Waals surface area contributed by atoms with Crippen LogP contribution in [-0.4, -0.2) is 18.2 Å². The Hall–Kier alpha value is -0.970. The van der Waals surface area contributed by atoms with Gasteiger partial charge in [-0.3, -0.25) is 4.79 Å².